The Bertz CT molecular complexity index is 1120. The molecule has 1 N–H and O–H groups in total. The molecule has 35 heavy (non-hydrogen) atoms. The largest absolute Gasteiger partial charge is 0.494 e. The Morgan fingerprint density at radius 2 is 1.94 bits per heavy atom. The predicted octanol–water partition coefficient (Wildman–Crippen LogP) is 7.00. The number of hydrogen-bond acceptors (Lipinski definition) is 5. The number of fused-ring (bicyclic) bond motifs is 1. The Labute approximate surface area is 217 Å². The molecule has 184 valence electrons. The monoisotopic (exact) mass is 508 g/mol. The molecule has 0 radical (unpaired) electrons. The van der Waals surface area contributed by atoms with Crippen LogP contribution < -0.4 is 14.8 Å². The molecular formula is C29H33ClN2O2S. The number of nitrogens with zero attached hydrogens (tertiary/aromatic N) is 1. The topological polar surface area (TPSA) is 43.4 Å². The van der Waals surface area contributed by atoms with Gasteiger partial charge in [0.1, 0.15) is 5.75 Å². The van der Waals surface area contributed by atoms with Gasteiger partial charge in [-0.25, -0.2) is 4.98 Å². The van der Waals surface area contributed by atoms with Crippen LogP contribution >= 0.6 is 23.4 Å². The molecule has 0 amide bonds. The molecule has 6 heteroatoms. The van der Waals surface area contributed by atoms with Gasteiger partial charge in [-0.15, -0.1) is 11.8 Å². The number of pyridine rings is 1. The molecule has 1 atom stereocenters. The van der Waals surface area contributed by atoms with E-state index in [4.69, 9.17) is 21.1 Å². The lowest BCUT2D eigenvalue weighted by Crippen LogP contribution is -2.49. The Morgan fingerprint density at radius 3 is 2.66 bits per heavy atom. The van der Waals surface area contributed by atoms with E-state index in [0.717, 1.165) is 48.9 Å². The molecule has 0 bridgehead atoms. The average Bonchev–Trinajstić information content (AvgIpc) is 2.87. The second kappa shape index (κ2) is 11.2. The van der Waals surface area contributed by atoms with Crippen LogP contribution in [0.1, 0.15) is 54.8 Å². The molecule has 2 heterocycles. The van der Waals surface area contributed by atoms with Gasteiger partial charge in [0.15, 0.2) is 0 Å². The smallest absolute Gasteiger partial charge is 0.212 e. The van der Waals surface area contributed by atoms with Crippen molar-refractivity contribution in [2.45, 2.75) is 54.9 Å². The first-order valence-corrected chi connectivity index (χ1v) is 13.9. The van der Waals surface area contributed by atoms with Crippen LogP contribution in [-0.4, -0.2) is 31.0 Å². The van der Waals surface area contributed by atoms with E-state index >= 15 is 0 Å². The van der Waals surface area contributed by atoms with Crippen LogP contribution in [0.5, 0.6) is 11.6 Å². The predicted molar refractivity (Wildman–Crippen MR) is 144 cm³/mol. The summed E-state index contributed by atoms with van der Waals surface area (Å²) in [6.45, 7) is 1.76. The van der Waals surface area contributed by atoms with Crippen LogP contribution in [0.3, 0.4) is 0 Å². The van der Waals surface area contributed by atoms with Gasteiger partial charge >= 0.3 is 0 Å². The third kappa shape index (κ3) is 5.47. The molecule has 5 rings (SSSR count). The summed E-state index contributed by atoms with van der Waals surface area (Å²) in [5.41, 5.74) is 4.40. The summed E-state index contributed by atoms with van der Waals surface area (Å²) in [5.74, 6) is 2.69. The fraction of sp³-hybridized carbons (Fsp3) is 0.414. The number of benzene rings is 2. The first-order valence-electron chi connectivity index (χ1n) is 12.6. The van der Waals surface area contributed by atoms with Crippen LogP contribution in [-0.2, 0) is 11.8 Å². The maximum Gasteiger partial charge on any atom is 0.212 e. The van der Waals surface area contributed by atoms with Gasteiger partial charge < -0.3 is 14.8 Å². The first-order chi connectivity index (χ1) is 17.2. The summed E-state index contributed by atoms with van der Waals surface area (Å²) < 4.78 is 11.3. The molecule has 0 saturated heterocycles. The van der Waals surface area contributed by atoms with Crippen LogP contribution in [0.15, 0.2) is 65.7 Å². The zero-order chi connectivity index (χ0) is 24.1. The lowest BCUT2D eigenvalue weighted by molar-refractivity contribution is 0.164. The molecule has 1 aliphatic heterocycles. The van der Waals surface area contributed by atoms with Gasteiger partial charge in [0, 0.05) is 33.6 Å². The number of nitrogens with one attached hydrogen (secondary N) is 1. The van der Waals surface area contributed by atoms with E-state index < -0.39 is 0 Å². The van der Waals surface area contributed by atoms with Gasteiger partial charge in [-0.3, -0.25) is 0 Å². The maximum absolute atomic E-state index is 6.21. The van der Waals surface area contributed by atoms with Gasteiger partial charge in [0.25, 0.3) is 0 Å². The van der Waals surface area contributed by atoms with Gasteiger partial charge in [0.05, 0.1) is 13.7 Å². The van der Waals surface area contributed by atoms with Crippen molar-refractivity contribution in [2.24, 2.45) is 0 Å². The zero-order valence-electron chi connectivity index (χ0n) is 20.3. The van der Waals surface area contributed by atoms with E-state index in [2.05, 4.69) is 46.7 Å². The fourth-order valence-corrected chi connectivity index (χ4v) is 6.36. The third-order valence-electron chi connectivity index (χ3n) is 7.38. The second-order valence-electron chi connectivity index (χ2n) is 9.45. The average molecular weight is 509 g/mol. The second-order valence-corrected chi connectivity index (χ2v) is 11.1. The van der Waals surface area contributed by atoms with Crippen LogP contribution in [0.4, 0.5) is 0 Å². The number of unbranched alkanes of at least 4 members (excludes halogenated alkanes) is 1. The molecule has 4 nitrogen and oxygen atoms in total. The maximum atomic E-state index is 6.21. The summed E-state index contributed by atoms with van der Waals surface area (Å²) in [6, 6.07) is 19.5. The lowest BCUT2D eigenvalue weighted by Gasteiger charge is -2.50. The molecule has 1 unspecified atom stereocenters. The van der Waals surface area contributed by atoms with Gasteiger partial charge in [-0.05, 0) is 91.4 Å². The molecule has 1 saturated carbocycles. The molecule has 3 aromatic rings. The number of methoxy groups -OCH3 is 1. The molecule has 1 aliphatic carbocycles. The van der Waals surface area contributed by atoms with E-state index in [1.54, 1.807) is 7.11 Å². The van der Waals surface area contributed by atoms with Crippen molar-refractivity contribution in [3.05, 3.63) is 82.5 Å². The van der Waals surface area contributed by atoms with Crippen molar-refractivity contribution in [2.75, 3.05) is 26.0 Å². The highest BCUT2D eigenvalue weighted by molar-refractivity contribution is 7.99. The van der Waals surface area contributed by atoms with Crippen molar-refractivity contribution in [1.82, 2.24) is 10.3 Å². The number of halogens is 1. The van der Waals surface area contributed by atoms with E-state index in [-0.39, 0.29) is 5.41 Å². The minimum Gasteiger partial charge on any atom is -0.494 e. The lowest BCUT2D eigenvalue weighted by atomic mass is 9.58. The van der Waals surface area contributed by atoms with E-state index in [9.17, 15) is 0 Å². The summed E-state index contributed by atoms with van der Waals surface area (Å²) in [7, 11) is 1.64. The standard InChI is InChI=1S/C29H33ClN2O2S/c1-33-27-12-11-25(20-32-27)35-18-3-2-17-34-24-10-5-21-13-16-31-28(26(21)19-24)29(14-4-15-29)22-6-8-23(30)9-7-22/h5-12,19-20,28,31H,2-4,13-18H2,1H3. The number of aromatic nitrogens is 1. The third-order valence-corrected chi connectivity index (χ3v) is 8.70. The van der Waals surface area contributed by atoms with Gasteiger partial charge in [0.2, 0.25) is 5.88 Å². The van der Waals surface area contributed by atoms with Crippen molar-refractivity contribution in [3.63, 3.8) is 0 Å². The number of hydrogen-bond donors (Lipinski definition) is 1. The summed E-state index contributed by atoms with van der Waals surface area (Å²) in [5, 5.41) is 4.66. The minimum absolute atomic E-state index is 0.145. The van der Waals surface area contributed by atoms with Crippen LogP contribution in [0, 0.1) is 0 Å². The minimum atomic E-state index is 0.145. The van der Waals surface area contributed by atoms with Crippen LogP contribution in [0.25, 0.3) is 0 Å². The number of ether oxygens (including phenoxy) is 2. The van der Waals surface area contributed by atoms with Crippen molar-refractivity contribution < 1.29 is 9.47 Å². The summed E-state index contributed by atoms with van der Waals surface area (Å²) in [6.07, 6.45) is 8.76. The Kier molecular flexibility index (Phi) is 7.86. The Hall–Kier alpha value is -2.21. The molecule has 2 aliphatic rings. The number of rotatable bonds is 10. The van der Waals surface area contributed by atoms with E-state index in [1.807, 2.05) is 36.2 Å². The Balaban J connectivity index is 1.18. The van der Waals surface area contributed by atoms with E-state index in [1.165, 1.54) is 40.8 Å². The van der Waals surface area contributed by atoms with Crippen LogP contribution in [0.2, 0.25) is 5.02 Å². The fourth-order valence-electron chi connectivity index (χ4n) is 5.35. The highest BCUT2D eigenvalue weighted by Crippen LogP contribution is 2.53. The SMILES string of the molecule is COc1ccc(SCCCCOc2ccc3c(c2)C(C2(c4ccc(Cl)cc4)CCC2)NCC3)cn1. The van der Waals surface area contributed by atoms with Crippen molar-refractivity contribution in [3.8, 4) is 11.6 Å². The summed E-state index contributed by atoms with van der Waals surface area (Å²) in [4.78, 5) is 5.44. The quantitative estimate of drug-likeness (QED) is 0.236. The highest BCUT2D eigenvalue weighted by Gasteiger charge is 2.47. The molecular weight excluding hydrogens is 476 g/mol. The van der Waals surface area contributed by atoms with Crippen molar-refractivity contribution >= 4 is 23.4 Å². The highest BCUT2D eigenvalue weighted by atomic mass is 35.5. The molecule has 0 spiro atoms. The summed E-state index contributed by atoms with van der Waals surface area (Å²) >= 11 is 8.02. The van der Waals surface area contributed by atoms with E-state index in [0.29, 0.717) is 11.9 Å². The zero-order valence-corrected chi connectivity index (χ0v) is 21.8. The first kappa shape index (κ1) is 24.5. The van der Waals surface area contributed by atoms with Gasteiger partial charge in [-0.2, -0.15) is 0 Å². The normalized spacial score (nSPS) is 18.4. The Morgan fingerprint density at radius 1 is 1.09 bits per heavy atom. The van der Waals surface area contributed by atoms with Gasteiger partial charge in [-0.1, -0.05) is 36.2 Å². The molecule has 1 aromatic heterocycles. The molecule has 2 aromatic carbocycles. The number of thioether (sulfide) groups is 1. The van der Waals surface area contributed by atoms with Crippen molar-refractivity contribution in [1.29, 1.82) is 0 Å². The molecule has 1 fully saturated rings.